The summed E-state index contributed by atoms with van der Waals surface area (Å²) in [6, 6.07) is 8.93. The molecule has 0 spiro atoms. The van der Waals surface area contributed by atoms with Crippen molar-refractivity contribution in [3.05, 3.63) is 24.3 Å². The molecule has 1 aliphatic heterocycles. The third kappa shape index (κ3) is 4.39. The molecule has 0 radical (unpaired) electrons. The van der Waals surface area contributed by atoms with Gasteiger partial charge >= 0.3 is 0 Å². The average Bonchev–Trinajstić information content (AvgIpc) is 2.61. The van der Waals surface area contributed by atoms with Crippen LogP contribution in [0.5, 0.6) is 11.5 Å². The van der Waals surface area contributed by atoms with Crippen molar-refractivity contribution in [3.8, 4) is 11.5 Å². The molecule has 4 nitrogen and oxygen atoms in total. The maximum atomic E-state index is 5.81. The van der Waals surface area contributed by atoms with Crippen LogP contribution in [0.3, 0.4) is 0 Å². The number of methoxy groups -OCH3 is 1. The summed E-state index contributed by atoms with van der Waals surface area (Å²) in [7, 11) is 1.67. The second-order valence-electron chi connectivity index (χ2n) is 5.51. The van der Waals surface area contributed by atoms with Gasteiger partial charge in [0.05, 0.1) is 7.11 Å². The second kappa shape index (κ2) is 7.50. The van der Waals surface area contributed by atoms with Crippen molar-refractivity contribution in [1.82, 2.24) is 10.2 Å². The Hall–Kier alpha value is -1.26. The molecule has 1 aromatic rings. The van der Waals surface area contributed by atoms with E-state index in [1.54, 1.807) is 7.11 Å². The van der Waals surface area contributed by atoms with E-state index in [2.05, 4.69) is 24.1 Å². The molecule has 1 aliphatic rings. The van der Waals surface area contributed by atoms with Gasteiger partial charge in [0.25, 0.3) is 0 Å². The summed E-state index contributed by atoms with van der Waals surface area (Å²) in [6.07, 6.45) is 1.20. The Bertz CT molecular complexity index is 394. The molecule has 0 bridgehead atoms. The summed E-state index contributed by atoms with van der Waals surface area (Å²) in [5.41, 5.74) is 0. The first kappa shape index (κ1) is 15.1. The number of benzene rings is 1. The van der Waals surface area contributed by atoms with Crippen LogP contribution in [0.1, 0.15) is 20.3 Å². The SMILES string of the molecule is COc1ccc(OCCN2CC(C)NCCC2C)cc1. The number of ether oxygens (including phenoxy) is 2. The first-order valence-electron chi connectivity index (χ1n) is 7.43. The first-order chi connectivity index (χ1) is 9.69. The Labute approximate surface area is 122 Å². The molecule has 1 fully saturated rings. The van der Waals surface area contributed by atoms with E-state index in [0.29, 0.717) is 12.1 Å². The summed E-state index contributed by atoms with van der Waals surface area (Å²) in [6.45, 7) is 8.44. The van der Waals surface area contributed by atoms with Crippen LogP contribution in [-0.2, 0) is 0 Å². The molecule has 1 N–H and O–H groups in total. The van der Waals surface area contributed by atoms with E-state index in [9.17, 15) is 0 Å². The maximum absolute atomic E-state index is 5.81. The Balaban J connectivity index is 1.78. The fraction of sp³-hybridized carbons (Fsp3) is 0.625. The summed E-state index contributed by atoms with van der Waals surface area (Å²) in [5, 5.41) is 3.53. The van der Waals surface area contributed by atoms with Crippen molar-refractivity contribution in [2.45, 2.75) is 32.4 Å². The van der Waals surface area contributed by atoms with Gasteiger partial charge in [0.2, 0.25) is 0 Å². The second-order valence-corrected chi connectivity index (χ2v) is 5.51. The molecule has 1 heterocycles. The van der Waals surface area contributed by atoms with Crippen LogP contribution in [0.25, 0.3) is 0 Å². The predicted molar refractivity (Wildman–Crippen MR) is 81.6 cm³/mol. The van der Waals surface area contributed by atoms with E-state index in [-0.39, 0.29) is 0 Å². The minimum atomic E-state index is 0.556. The van der Waals surface area contributed by atoms with Crippen LogP contribution >= 0.6 is 0 Å². The molecule has 1 saturated heterocycles. The molecule has 0 saturated carbocycles. The van der Waals surface area contributed by atoms with Gasteiger partial charge < -0.3 is 14.8 Å². The van der Waals surface area contributed by atoms with E-state index in [1.807, 2.05) is 24.3 Å². The highest BCUT2D eigenvalue weighted by Crippen LogP contribution is 2.17. The van der Waals surface area contributed by atoms with Gasteiger partial charge in [0, 0.05) is 25.2 Å². The molecule has 0 aliphatic carbocycles. The number of nitrogens with one attached hydrogen (secondary N) is 1. The number of hydrogen-bond acceptors (Lipinski definition) is 4. The minimum Gasteiger partial charge on any atom is -0.497 e. The molecule has 0 amide bonds. The van der Waals surface area contributed by atoms with E-state index in [1.165, 1.54) is 6.42 Å². The van der Waals surface area contributed by atoms with Crippen molar-refractivity contribution in [2.75, 3.05) is 33.4 Å². The van der Waals surface area contributed by atoms with Crippen molar-refractivity contribution in [1.29, 1.82) is 0 Å². The van der Waals surface area contributed by atoms with Gasteiger partial charge in [-0.15, -0.1) is 0 Å². The van der Waals surface area contributed by atoms with Crippen LogP contribution in [0, 0.1) is 0 Å². The molecule has 2 rings (SSSR count). The zero-order valence-electron chi connectivity index (χ0n) is 12.8. The molecule has 2 unspecified atom stereocenters. The van der Waals surface area contributed by atoms with Crippen LogP contribution in [0.2, 0.25) is 0 Å². The first-order valence-corrected chi connectivity index (χ1v) is 7.43. The summed E-state index contributed by atoms with van der Waals surface area (Å²) >= 11 is 0. The monoisotopic (exact) mass is 278 g/mol. The predicted octanol–water partition coefficient (Wildman–Crippen LogP) is 2.15. The highest BCUT2D eigenvalue weighted by molar-refractivity contribution is 5.31. The maximum Gasteiger partial charge on any atom is 0.119 e. The molecule has 20 heavy (non-hydrogen) atoms. The Morgan fingerprint density at radius 3 is 2.60 bits per heavy atom. The standard InChI is InChI=1S/C16H26N2O2/c1-13-12-18(14(2)8-9-17-13)10-11-20-16-6-4-15(19-3)5-7-16/h4-7,13-14,17H,8-12H2,1-3H3. The third-order valence-corrected chi connectivity index (χ3v) is 3.89. The topological polar surface area (TPSA) is 33.7 Å². The lowest BCUT2D eigenvalue weighted by atomic mass is 10.2. The lowest BCUT2D eigenvalue weighted by Gasteiger charge is -2.27. The molecular formula is C16H26N2O2. The van der Waals surface area contributed by atoms with Crippen LogP contribution < -0.4 is 14.8 Å². The lowest BCUT2D eigenvalue weighted by molar-refractivity contribution is 0.166. The van der Waals surface area contributed by atoms with Crippen LogP contribution in [0.4, 0.5) is 0 Å². The van der Waals surface area contributed by atoms with Gasteiger partial charge in [-0.2, -0.15) is 0 Å². The van der Waals surface area contributed by atoms with Gasteiger partial charge in [-0.3, -0.25) is 4.90 Å². The highest BCUT2D eigenvalue weighted by Gasteiger charge is 2.19. The quantitative estimate of drug-likeness (QED) is 0.895. The summed E-state index contributed by atoms with van der Waals surface area (Å²) in [4.78, 5) is 2.51. The summed E-state index contributed by atoms with van der Waals surface area (Å²) < 4.78 is 11.0. The Morgan fingerprint density at radius 1 is 1.20 bits per heavy atom. The minimum absolute atomic E-state index is 0.556. The lowest BCUT2D eigenvalue weighted by Crippen LogP contribution is -2.40. The molecular weight excluding hydrogens is 252 g/mol. The van der Waals surface area contributed by atoms with Gasteiger partial charge in [-0.05, 0) is 51.1 Å². The van der Waals surface area contributed by atoms with Crippen molar-refractivity contribution < 1.29 is 9.47 Å². The number of hydrogen-bond donors (Lipinski definition) is 1. The fourth-order valence-electron chi connectivity index (χ4n) is 2.58. The Morgan fingerprint density at radius 2 is 1.90 bits per heavy atom. The van der Waals surface area contributed by atoms with Gasteiger partial charge in [0.15, 0.2) is 0 Å². The van der Waals surface area contributed by atoms with Crippen LogP contribution in [0.15, 0.2) is 24.3 Å². The Kier molecular flexibility index (Phi) is 5.68. The largest absolute Gasteiger partial charge is 0.497 e. The highest BCUT2D eigenvalue weighted by atomic mass is 16.5. The van der Waals surface area contributed by atoms with E-state index >= 15 is 0 Å². The molecule has 1 aromatic carbocycles. The van der Waals surface area contributed by atoms with Crippen LogP contribution in [-0.4, -0.2) is 50.3 Å². The molecule has 112 valence electrons. The summed E-state index contributed by atoms with van der Waals surface area (Å²) in [5.74, 6) is 1.76. The normalized spacial score (nSPS) is 24.1. The average molecular weight is 278 g/mol. The van der Waals surface area contributed by atoms with E-state index in [0.717, 1.165) is 37.7 Å². The zero-order chi connectivity index (χ0) is 14.4. The number of rotatable bonds is 5. The molecule has 2 atom stereocenters. The smallest absolute Gasteiger partial charge is 0.119 e. The van der Waals surface area contributed by atoms with E-state index in [4.69, 9.17) is 9.47 Å². The molecule has 0 aromatic heterocycles. The zero-order valence-corrected chi connectivity index (χ0v) is 12.8. The van der Waals surface area contributed by atoms with Crippen molar-refractivity contribution in [2.24, 2.45) is 0 Å². The van der Waals surface area contributed by atoms with Gasteiger partial charge in [0.1, 0.15) is 18.1 Å². The van der Waals surface area contributed by atoms with Crippen molar-refractivity contribution >= 4 is 0 Å². The van der Waals surface area contributed by atoms with Crippen molar-refractivity contribution in [3.63, 3.8) is 0 Å². The van der Waals surface area contributed by atoms with Gasteiger partial charge in [-0.25, -0.2) is 0 Å². The number of nitrogens with zero attached hydrogens (tertiary/aromatic N) is 1. The van der Waals surface area contributed by atoms with Gasteiger partial charge in [-0.1, -0.05) is 0 Å². The molecule has 4 heteroatoms. The fourth-order valence-corrected chi connectivity index (χ4v) is 2.58. The third-order valence-electron chi connectivity index (χ3n) is 3.89. The van der Waals surface area contributed by atoms with E-state index < -0.39 is 0 Å².